The Hall–Kier alpha value is -1.59. The minimum absolute atomic E-state index is 0.374. The molecule has 0 aliphatic heterocycles. The molecule has 0 saturated carbocycles. The Labute approximate surface area is 159 Å². The van der Waals surface area contributed by atoms with Gasteiger partial charge >= 0.3 is 0 Å². The second-order valence-corrected chi connectivity index (χ2v) is 7.25. The summed E-state index contributed by atoms with van der Waals surface area (Å²) in [6, 6.07) is 16.0. The maximum absolute atomic E-state index is 8.04. The topological polar surface area (TPSA) is 48.6 Å². The van der Waals surface area contributed by atoms with Crippen LogP contribution in [0.5, 0.6) is 0 Å². The van der Waals surface area contributed by atoms with Crippen LogP contribution in [0.1, 0.15) is 25.0 Å². The quantitative estimate of drug-likeness (QED) is 0.563. The number of hydrogen-bond acceptors (Lipinski definition) is 3. The predicted octanol–water partition coefficient (Wildman–Crippen LogP) is 5.55. The molecule has 0 atom stereocenters. The first-order valence-corrected chi connectivity index (χ1v) is 9.14. The summed E-state index contributed by atoms with van der Waals surface area (Å²) in [6.07, 6.45) is 0. The first-order chi connectivity index (χ1) is 11.5. The maximum atomic E-state index is 8.04. The molecule has 1 N–H and O–H groups in total. The second kappa shape index (κ2) is 9.04. The summed E-state index contributed by atoms with van der Waals surface area (Å²) in [5.41, 5.74) is 4.51. The van der Waals surface area contributed by atoms with E-state index in [0.717, 1.165) is 31.5 Å². The number of nitrogens with one attached hydrogen (secondary N) is 1. The van der Waals surface area contributed by atoms with Crippen LogP contribution in [-0.2, 0) is 0 Å². The van der Waals surface area contributed by atoms with Gasteiger partial charge in [-0.15, -0.1) is 0 Å². The van der Waals surface area contributed by atoms with Gasteiger partial charge in [0.2, 0.25) is 0 Å². The molecule has 0 fully saturated rings. The fraction of sp³-hybridized carbons (Fsp3) is 0.211. The average Bonchev–Trinajstić information content (AvgIpc) is 2.58. The highest BCUT2D eigenvalue weighted by Crippen LogP contribution is 2.12. The highest BCUT2D eigenvalue weighted by atomic mass is 79.9. The van der Waals surface area contributed by atoms with E-state index in [9.17, 15) is 0 Å². The largest absolute Gasteiger partial charge is 0.306 e. The van der Waals surface area contributed by atoms with Crippen molar-refractivity contribution >= 4 is 49.0 Å². The molecule has 0 bridgehead atoms. The van der Waals surface area contributed by atoms with E-state index in [1.807, 2.05) is 62.4 Å². The maximum Gasteiger partial charge on any atom is 0.0787 e. The van der Waals surface area contributed by atoms with Gasteiger partial charge in [-0.2, -0.15) is 0 Å². The molecule has 2 aromatic rings. The van der Waals surface area contributed by atoms with Gasteiger partial charge in [-0.1, -0.05) is 56.1 Å². The van der Waals surface area contributed by atoms with Gasteiger partial charge in [-0.3, -0.25) is 9.98 Å². The van der Waals surface area contributed by atoms with Gasteiger partial charge in [-0.25, -0.2) is 0 Å². The van der Waals surface area contributed by atoms with Crippen LogP contribution in [0.4, 0.5) is 0 Å². The van der Waals surface area contributed by atoms with Gasteiger partial charge < -0.3 is 5.41 Å². The normalized spacial score (nSPS) is 12.3. The molecule has 5 heteroatoms. The van der Waals surface area contributed by atoms with Gasteiger partial charge in [-0.05, 0) is 49.2 Å². The fourth-order valence-corrected chi connectivity index (χ4v) is 2.57. The van der Waals surface area contributed by atoms with E-state index in [-0.39, 0.29) is 0 Å². The monoisotopic (exact) mass is 447 g/mol. The van der Waals surface area contributed by atoms with Gasteiger partial charge in [0.05, 0.1) is 18.8 Å². The van der Waals surface area contributed by atoms with E-state index in [1.165, 1.54) is 0 Å². The van der Waals surface area contributed by atoms with Crippen molar-refractivity contribution < 1.29 is 0 Å². The van der Waals surface area contributed by atoms with Crippen LogP contribution < -0.4 is 0 Å². The van der Waals surface area contributed by atoms with Crippen LogP contribution in [0, 0.1) is 5.41 Å². The summed E-state index contributed by atoms with van der Waals surface area (Å²) in [6.45, 7) is 4.68. The number of benzene rings is 2. The third kappa shape index (κ3) is 5.80. The molecule has 0 radical (unpaired) electrons. The predicted molar refractivity (Wildman–Crippen MR) is 110 cm³/mol. The lowest BCUT2D eigenvalue weighted by Gasteiger charge is -2.04. The molecule has 3 nitrogen and oxygen atoms in total. The lowest BCUT2D eigenvalue weighted by atomic mass is 10.1. The SMILES string of the molecule is CC(=NCC(=N)CN=C(C)c1ccc(Br)cc1)c1ccc(Br)cc1. The van der Waals surface area contributed by atoms with Crippen LogP contribution in [0.3, 0.4) is 0 Å². The fourth-order valence-electron chi connectivity index (χ4n) is 2.04. The van der Waals surface area contributed by atoms with Crippen LogP contribution >= 0.6 is 31.9 Å². The number of rotatable bonds is 6. The molecule has 24 heavy (non-hydrogen) atoms. The number of nitrogens with zero attached hydrogens (tertiary/aromatic N) is 2. The van der Waals surface area contributed by atoms with Crippen LogP contribution in [0.25, 0.3) is 0 Å². The summed E-state index contributed by atoms with van der Waals surface area (Å²) < 4.78 is 2.09. The Morgan fingerprint density at radius 1 is 0.750 bits per heavy atom. The Balaban J connectivity index is 1.92. The summed E-state index contributed by atoms with van der Waals surface area (Å²) in [5, 5.41) is 8.04. The highest BCUT2D eigenvalue weighted by molar-refractivity contribution is 9.10. The first kappa shape index (κ1) is 18.7. The summed E-state index contributed by atoms with van der Waals surface area (Å²) in [4.78, 5) is 8.98. The standard InChI is InChI=1S/C19H19Br2N3/c1-13(15-3-7-17(20)8-4-15)23-11-19(22)12-24-14(2)16-5-9-18(21)10-6-16/h3-10,22H,11-12H2,1-2H3. The Morgan fingerprint density at radius 2 is 1.08 bits per heavy atom. The van der Waals surface area contributed by atoms with Gasteiger partial charge in [0.15, 0.2) is 0 Å². The lowest BCUT2D eigenvalue weighted by molar-refractivity contribution is 1.16. The summed E-state index contributed by atoms with van der Waals surface area (Å²) in [7, 11) is 0. The van der Waals surface area contributed by atoms with Crippen molar-refractivity contribution in [3.8, 4) is 0 Å². The molecule has 0 heterocycles. The van der Waals surface area contributed by atoms with E-state index in [2.05, 4.69) is 41.8 Å². The van der Waals surface area contributed by atoms with Crippen LogP contribution in [-0.4, -0.2) is 30.2 Å². The molecule has 0 aliphatic carbocycles. The van der Waals surface area contributed by atoms with Crippen molar-refractivity contribution in [1.29, 1.82) is 5.41 Å². The minimum Gasteiger partial charge on any atom is -0.306 e. The van der Waals surface area contributed by atoms with Gasteiger partial charge in [0.1, 0.15) is 0 Å². The molecule has 0 saturated heterocycles. The molecular weight excluding hydrogens is 430 g/mol. The van der Waals surface area contributed by atoms with Crippen molar-refractivity contribution in [3.63, 3.8) is 0 Å². The van der Waals surface area contributed by atoms with E-state index in [1.54, 1.807) is 0 Å². The Morgan fingerprint density at radius 3 is 1.42 bits per heavy atom. The third-order valence-corrected chi connectivity index (χ3v) is 4.60. The zero-order chi connectivity index (χ0) is 17.5. The molecule has 2 rings (SSSR count). The minimum atomic E-state index is 0.374. The van der Waals surface area contributed by atoms with Crippen molar-refractivity contribution in [2.75, 3.05) is 13.1 Å². The van der Waals surface area contributed by atoms with E-state index in [4.69, 9.17) is 5.41 Å². The zero-order valence-corrected chi connectivity index (χ0v) is 16.9. The van der Waals surface area contributed by atoms with Crippen molar-refractivity contribution in [3.05, 3.63) is 68.6 Å². The molecule has 0 aliphatic rings. The molecule has 0 unspecified atom stereocenters. The van der Waals surface area contributed by atoms with Crippen LogP contribution in [0.2, 0.25) is 0 Å². The van der Waals surface area contributed by atoms with Gasteiger partial charge in [0, 0.05) is 20.4 Å². The van der Waals surface area contributed by atoms with Crippen LogP contribution in [0.15, 0.2) is 67.5 Å². The lowest BCUT2D eigenvalue weighted by Crippen LogP contribution is -2.10. The highest BCUT2D eigenvalue weighted by Gasteiger charge is 2.01. The van der Waals surface area contributed by atoms with E-state index in [0.29, 0.717) is 18.8 Å². The Kier molecular flexibility index (Phi) is 7.06. The smallest absolute Gasteiger partial charge is 0.0787 e. The Bertz CT molecular complexity index is 695. The molecule has 124 valence electrons. The molecule has 0 aromatic heterocycles. The van der Waals surface area contributed by atoms with Crippen molar-refractivity contribution in [1.82, 2.24) is 0 Å². The van der Waals surface area contributed by atoms with E-state index >= 15 is 0 Å². The summed E-state index contributed by atoms with van der Waals surface area (Å²) in [5.74, 6) is 0. The molecule has 0 amide bonds. The second-order valence-electron chi connectivity index (χ2n) is 5.42. The number of halogens is 2. The zero-order valence-electron chi connectivity index (χ0n) is 13.7. The summed E-state index contributed by atoms with van der Waals surface area (Å²) >= 11 is 6.85. The molecular formula is C19H19Br2N3. The molecule has 0 spiro atoms. The van der Waals surface area contributed by atoms with Crippen molar-refractivity contribution in [2.24, 2.45) is 9.98 Å². The number of aliphatic imine (C=N–C) groups is 2. The van der Waals surface area contributed by atoms with E-state index < -0.39 is 0 Å². The first-order valence-electron chi connectivity index (χ1n) is 7.56. The molecule has 2 aromatic carbocycles. The van der Waals surface area contributed by atoms with Crippen molar-refractivity contribution in [2.45, 2.75) is 13.8 Å². The number of hydrogen-bond donors (Lipinski definition) is 1. The van der Waals surface area contributed by atoms with Gasteiger partial charge in [0.25, 0.3) is 0 Å². The third-order valence-electron chi connectivity index (χ3n) is 3.54. The average molecular weight is 449 g/mol.